The Morgan fingerprint density at radius 3 is 2.47 bits per heavy atom. The van der Waals surface area contributed by atoms with E-state index in [4.69, 9.17) is 25.9 Å². The molecule has 0 saturated heterocycles. The third-order valence-electron chi connectivity index (χ3n) is 6.75. The molecule has 1 aromatic carbocycles. The van der Waals surface area contributed by atoms with E-state index in [0.717, 1.165) is 48.1 Å². The number of hydrogen-bond acceptors (Lipinski definition) is 7. The number of furan rings is 1. The number of halogens is 7. The number of benzene rings is 1. The molecule has 4 heterocycles. The van der Waals surface area contributed by atoms with Crippen LogP contribution in [-0.2, 0) is 30.5 Å². The predicted octanol–water partition coefficient (Wildman–Crippen LogP) is 7.33. The fourth-order valence-electron chi connectivity index (χ4n) is 4.77. The summed E-state index contributed by atoms with van der Waals surface area (Å²) in [5, 5.41) is 20.0. The maximum Gasteiger partial charge on any atom is 0.490 e. The first-order valence-electron chi connectivity index (χ1n) is 13.6. The number of nitrogens with zero attached hydrogens (tertiary/aromatic N) is 5. The number of alkyl halides is 6. The maximum atomic E-state index is 12.8. The molecule has 0 bridgehead atoms. The molecule has 45 heavy (non-hydrogen) atoms. The van der Waals surface area contributed by atoms with E-state index in [-0.39, 0.29) is 5.41 Å². The fourth-order valence-corrected chi connectivity index (χ4v) is 4.96. The van der Waals surface area contributed by atoms with Gasteiger partial charge in [0.25, 0.3) is 0 Å². The van der Waals surface area contributed by atoms with E-state index < -0.39 is 23.9 Å². The van der Waals surface area contributed by atoms with Gasteiger partial charge in [0.2, 0.25) is 5.95 Å². The van der Waals surface area contributed by atoms with Gasteiger partial charge in [0.1, 0.15) is 11.6 Å². The predicted molar refractivity (Wildman–Crippen MR) is 154 cm³/mol. The molecule has 0 unspecified atom stereocenters. The van der Waals surface area contributed by atoms with Crippen LogP contribution < -0.4 is 10.2 Å². The van der Waals surface area contributed by atoms with Crippen molar-refractivity contribution >= 4 is 29.3 Å². The van der Waals surface area contributed by atoms with Crippen LogP contribution >= 0.6 is 11.6 Å². The molecule has 0 atom stereocenters. The van der Waals surface area contributed by atoms with Gasteiger partial charge in [0.05, 0.1) is 11.8 Å². The second-order valence-corrected chi connectivity index (χ2v) is 11.5. The number of anilines is 2. The van der Waals surface area contributed by atoms with Crippen molar-refractivity contribution < 1.29 is 40.7 Å². The average molecular weight is 659 g/mol. The Morgan fingerprint density at radius 1 is 1.11 bits per heavy atom. The van der Waals surface area contributed by atoms with Crippen LogP contribution in [0.1, 0.15) is 37.2 Å². The number of aromatic nitrogens is 4. The minimum absolute atomic E-state index is 0.0497. The molecule has 5 rings (SSSR count). The maximum absolute atomic E-state index is 12.8. The number of rotatable bonds is 7. The van der Waals surface area contributed by atoms with E-state index in [0.29, 0.717) is 42.7 Å². The van der Waals surface area contributed by atoms with Crippen LogP contribution in [0.3, 0.4) is 0 Å². The molecule has 0 aliphatic carbocycles. The summed E-state index contributed by atoms with van der Waals surface area (Å²) in [5.41, 5.74) is 1.16. The Hall–Kier alpha value is -4.27. The van der Waals surface area contributed by atoms with Gasteiger partial charge in [-0.1, -0.05) is 37.6 Å². The van der Waals surface area contributed by atoms with E-state index in [2.05, 4.69) is 43.8 Å². The molecule has 0 fully saturated rings. The molecule has 3 aromatic heterocycles. The number of nitrogens with one attached hydrogen (secondary N) is 1. The Balaban J connectivity index is 0.000000591. The van der Waals surface area contributed by atoms with Crippen molar-refractivity contribution in [1.29, 1.82) is 0 Å². The van der Waals surface area contributed by atoms with E-state index in [1.165, 1.54) is 6.07 Å². The van der Waals surface area contributed by atoms with Gasteiger partial charge >= 0.3 is 18.3 Å². The van der Waals surface area contributed by atoms with Crippen LogP contribution in [0.25, 0.3) is 11.4 Å². The Bertz CT molecular complexity index is 1600. The Kier molecular flexibility index (Phi) is 10.00. The van der Waals surface area contributed by atoms with Crippen LogP contribution in [0.4, 0.5) is 38.1 Å². The number of carboxylic acid groups (broad SMARTS) is 1. The minimum Gasteiger partial charge on any atom is -0.475 e. The van der Waals surface area contributed by atoms with Crippen molar-refractivity contribution in [3.05, 3.63) is 76.8 Å². The lowest BCUT2D eigenvalue weighted by molar-refractivity contribution is -0.192. The lowest BCUT2D eigenvalue weighted by atomic mass is 9.88. The van der Waals surface area contributed by atoms with Gasteiger partial charge in [-0.2, -0.15) is 26.3 Å². The molecule has 1 aliphatic rings. The van der Waals surface area contributed by atoms with Crippen molar-refractivity contribution in [2.45, 2.75) is 52.1 Å². The molecule has 0 spiro atoms. The number of carboxylic acids is 1. The highest BCUT2D eigenvalue weighted by Gasteiger charge is 2.38. The van der Waals surface area contributed by atoms with Gasteiger partial charge in [0, 0.05) is 54.9 Å². The zero-order valence-corrected chi connectivity index (χ0v) is 24.8. The smallest absolute Gasteiger partial charge is 0.475 e. The van der Waals surface area contributed by atoms with Gasteiger partial charge < -0.3 is 19.7 Å². The van der Waals surface area contributed by atoms with Crippen LogP contribution in [0.2, 0.25) is 5.02 Å². The third kappa shape index (κ3) is 8.90. The molecule has 0 amide bonds. The number of aliphatic carboxylic acids is 1. The average Bonchev–Trinajstić information content (AvgIpc) is 3.53. The number of carbonyl (C=O) groups is 1. The minimum atomic E-state index is -5.08. The quantitative estimate of drug-likeness (QED) is 0.157. The van der Waals surface area contributed by atoms with Gasteiger partial charge in [-0.15, -0.1) is 10.2 Å². The van der Waals surface area contributed by atoms with E-state index in [1.807, 2.05) is 30.3 Å². The largest absolute Gasteiger partial charge is 0.490 e. The summed E-state index contributed by atoms with van der Waals surface area (Å²) in [6.45, 7) is 6.90. The second kappa shape index (κ2) is 13.4. The third-order valence-corrected chi connectivity index (χ3v) is 6.99. The number of hydrogen-bond donors (Lipinski definition) is 2. The van der Waals surface area contributed by atoms with Crippen molar-refractivity contribution in [1.82, 2.24) is 19.7 Å². The monoisotopic (exact) mass is 658 g/mol. The van der Waals surface area contributed by atoms with E-state index in [9.17, 15) is 26.3 Å². The van der Waals surface area contributed by atoms with E-state index in [1.54, 1.807) is 6.26 Å². The SMILES string of the molecule is CC1(C)Cc2occc2CN(c2nnc(-c3cccc(Cl)c3)n2CCCNc2ccc(C(F)(F)F)cn2)C1.O=C(O)C(F)(F)F. The number of pyridine rings is 1. The van der Waals surface area contributed by atoms with Gasteiger partial charge in [-0.3, -0.25) is 4.57 Å². The molecule has 4 aromatic rings. The molecule has 0 saturated carbocycles. The number of fused-ring (bicyclic) bond motifs is 1. The molecule has 1 aliphatic heterocycles. The van der Waals surface area contributed by atoms with Gasteiger partial charge in [-0.05, 0) is 42.2 Å². The Morgan fingerprint density at radius 2 is 1.84 bits per heavy atom. The fraction of sp³-hybridized carbons (Fsp3) is 0.379. The van der Waals surface area contributed by atoms with Crippen LogP contribution in [0, 0.1) is 5.41 Å². The highest BCUT2D eigenvalue weighted by atomic mass is 35.5. The Labute approximate surface area is 258 Å². The molecule has 242 valence electrons. The summed E-state index contributed by atoms with van der Waals surface area (Å²) in [7, 11) is 0. The molecular formula is C29H29ClF6N6O3. The lowest BCUT2D eigenvalue weighted by Crippen LogP contribution is -2.34. The van der Waals surface area contributed by atoms with Crippen molar-refractivity contribution in [3.63, 3.8) is 0 Å². The molecule has 0 radical (unpaired) electrons. The zero-order valence-electron chi connectivity index (χ0n) is 24.1. The van der Waals surface area contributed by atoms with Crippen LogP contribution in [-0.4, -0.2) is 50.1 Å². The standard InChI is InChI=1S/C27H28ClF3N6O.C2HF3O2/c1-26(2)14-22-19(9-12-38-22)16-36(17-26)25-35-34-24(18-5-3-6-21(28)13-18)37(25)11-4-10-32-23-8-7-20(15-33-23)27(29,30)31;3-2(4,5)1(6)7/h3,5-9,12-13,15H,4,10-11,14,16-17H2,1-2H3,(H,32,33);(H,6,7). The lowest BCUT2D eigenvalue weighted by Gasteiger charge is -2.30. The van der Waals surface area contributed by atoms with Gasteiger partial charge in [-0.25, -0.2) is 9.78 Å². The molecule has 16 heteroatoms. The normalized spacial score (nSPS) is 14.6. The first kappa shape index (κ1) is 33.6. The highest BCUT2D eigenvalue weighted by molar-refractivity contribution is 6.30. The van der Waals surface area contributed by atoms with Crippen LogP contribution in [0.15, 0.2) is 59.3 Å². The van der Waals surface area contributed by atoms with E-state index >= 15 is 0 Å². The van der Waals surface area contributed by atoms with Crippen molar-refractivity contribution in [3.8, 4) is 11.4 Å². The summed E-state index contributed by atoms with van der Waals surface area (Å²) in [6, 6.07) is 11.9. The van der Waals surface area contributed by atoms with Gasteiger partial charge in [0.15, 0.2) is 5.82 Å². The topological polar surface area (TPSA) is 109 Å². The first-order chi connectivity index (χ1) is 21.0. The molecule has 9 nitrogen and oxygen atoms in total. The van der Waals surface area contributed by atoms with Crippen LogP contribution in [0.5, 0.6) is 0 Å². The summed E-state index contributed by atoms with van der Waals surface area (Å²) in [5.74, 6) is 0.0672. The second-order valence-electron chi connectivity index (χ2n) is 11.1. The zero-order chi connectivity index (χ0) is 33.0. The van der Waals surface area contributed by atoms with Crippen molar-refractivity contribution in [2.24, 2.45) is 5.41 Å². The summed E-state index contributed by atoms with van der Waals surface area (Å²) < 4.78 is 78.0. The first-order valence-corrected chi connectivity index (χ1v) is 14.0. The van der Waals surface area contributed by atoms with Crippen molar-refractivity contribution in [2.75, 3.05) is 23.3 Å². The molecule has 2 N–H and O–H groups in total. The highest BCUT2D eigenvalue weighted by Crippen LogP contribution is 2.34. The molecular weight excluding hydrogens is 630 g/mol. The summed E-state index contributed by atoms with van der Waals surface area (Å²) in [6.07, 6.45) is -5.44. The summed E-state index contributed by atoms with van der Waals surface area (Å²) in [4.78, 5) is 15.0. The summed E-state index contributed by atoms with van der Waals surface area (Å²) >= 11 is 6.27.